The van der Waals surface area contributed by atoms with Gasteiger partial charge in [0.2, 0.25) is 5.96 Å². The summed E-state index contributed by atoms with van der Waals surface area (Å²) in [6.07, 6.45) is 1.82. The number of nitrogens with zero attached hydrogens (tertiary/aromatic N) is 4. The smallest absolute Gasteiger partial charge is 0.211 e. The van der Waals surface area contributed by atoms with Crippen LogP contribution < -0.4 is 22.1 Å². The van der Waals surface area contributed by atoms with E-state index in [2.05, 4.69) is 20.6 Å². The van der Waals surface area contributed by atoms with Gasteiger partial charge >= 0.3 is 0 Å². The number of guanidine groups is 1. The summed E-state index contributed by atoms with van der Waals surface area (Å²) in [6, 6.07) is 15.8. The Bertz CT molecular complexity index is 1250. The van der Waals surface area contributed by atoms with Gasteiger partial charge in [-0.15, -0.1) is 0 Å². The Balaban J connectivity index is 1.82. The summed E-state index contributed by atoms with van der Waals surface area (Å²) < 4.78 is 0. The van der Waals surface area contributed by atoms with Crippen molar-refractivity contribution in [1.29, 1.82) is 10.5 Å². The molecule has 7 N–H and O–H groups in total. The Morgan fingerprint density at radius 1 is 1.07 bits per heavy atom. The van der Waals surface area contributed by atoms with Crippen molar-refractivity contribution in [2.45, 2.75) is 6.04 Å². The first-order chi connectivity index (χ1) is 14.5. The first-order valence-electron chi connectivity index (χ1n) is 8.90. The minimum absolute atomic E-state index is 0.00237. The fraction of sp³-hybridized carbons (Fsp3) is 0.0476. The highest BCUT2D eigenvalue weighted by atomic mass is 16.3. The van der Waals surface area contributed by atoms with Crippen LogP contribution in [-0.2, 0) is 0 Å². The molecule has 0 saturated heterocycles. The summed E-state index contributed by atoms with van der Waals surface area (Å²) in [5, 5.41) is 33.4. The number of nitrogens with one attached hydrogen (secondary N) is 2. The molecule has 3 aromatic rings. The number of pyridine rings is 1. The molecule has 4 rings (SSSR count). The molecule has 0 saturated carbocycles. The molecule has 1 aliphatic heterocycles. The fourth-order valence-electron chi connectivity index (χ4n) is 3.37. The number of benzene rings is 2. The third-order valence-corrected chi connectivity index (χ3v) is 4.76. The number of aromatic nitrogens is 1. The largest absolute Gasteiger partial charge is 0.508 e. The molecule has 2 aromatic carbocycles. The molecule has 2 heterocycles. The summed E-state index contributed by atoms with van der Waals surface area (Å²) in [5.74, 6) is 0.709. The van der Waals surface area contributed by atoms with Crippen molar-refractivity contribution >= 4 is 23.3 Å². The zero-order valence-corrected chi connectivity index (χ0v) is 15.6. The van der Waals surface area contributed by atoms with Gasteiger partial charge < -0.3 is 21.9 Å². The van der Waals surface area contributed by atoms with Crippen molar-refractivity contribution in [1.82, 2.24) is 10.3 Å². The molecular weight excluding hydrogens is 380 g/mol. The van der Waals surface area contributed by atoms with Gasteiger partial charge in [-0.2, -0.15) is 10.5 Å². The van der Waals surface area contributed by atoms with Crippen LogP contribution in [0.5, 0.6) is 5.75 Å². The lowest BCUT2D eigenvalue weighted by Crippen LogP contribution is -2.32. The third-order valence-electron chi connectivity index (χ3n) is 4.76. The van der Waals surface area contributed by atoms with Crippen molar-refractivity contribution in [2.75, 3.05) is 16.8 Å². The van der Waals surface area contributed by atoms with Gasteiger partial charge in [-0.3, -0.25) is 5.32 Å². The number of phenolic OH excluding ortho intramolecular Hbond substituents is 1. The highest BCUT2D eigenvalue weighted by Gasteiger charge is 2.29. The molecule has 0 radical (unpaired) electrons. The molecule has 9 nitrogen and oxygen atoms in total. The van der Waals surface area contributed by atoms with E-state index in [1.54, 1.807) is 18.2 Å². The maximum Gasteiger partial charge on any atom is 0.211 e. The minimum atomic E-state index is -0.601. The second kappa shape index (κ2) is 7.34. The highest BCUT2D eigenvalue weighted by Crippen LogP contribution is 2.40. The lowest BCUT2D eigenvalue weighted by Gasteiger charge is -2.26. The van der Waals surface area contributed by atoms with E-state index < -0.39 is 6.04 Å². The van der Waals surface area contributed by atoms with Gasteiger partial charge in [0.05, 0.1) is 5.69 Å². The summed E-state index contributed by atoms with van der Waals surface area (Å²) in [6.45, 7) is 0. The number of phenols is 1. The average Bonchev–Trinajstić information content (AvgIpc) is 2.74. The summed E-state index contributed by atoms with van der Waals surface area (Å²) in [5.41, 5.74) is 15.4. The third kappa shape index (κ3) is 3.17. The van der Waals surface area contributed by atoms with Crippen molar-refractivity contribution in [3.63, 3.8) is 0 Å². The molecule has 1 aliphatic rings. The predicted molar refractivity (Wildman–Crippen MR) is 113 cm³/mol. The van der Waals surface area contributed by atoms with Gasteiger partial charge in [-0.25, -0.2) is 9.98 Å². The first-order valence-corrected chi connectivity index (χ1v) is 8.90. The molecule has 0 aliphatic carbocycles. The van der Waals surface area contributed by atoms with Gasteiger partial charge in [0.1, 0.15) is 35.1 Å². The Kier molecular flexibility index (Phi) is 4.55. The van der Waals surface area contributed by atoms with E-state index in [1.165, 1.54) is 0 Å². The van der Waals surface area contributed by atoms with Crippen LogP contribution in [0.4, 0.5) is 17.3 Å². The van der Waals surface area contributed by atoms with E-state index in [0.29, 0.717) is 11.4 Å². The zero-order chi connectivity index (χ0) is 21.3. The normalized spacial score (nSPS) is 14.5. The molecule has 0 bridgehead atoms. The van der Waals surface area contributed by atoms with Gasteiger partial charge in [0, 0.05) is 5.56 Å². The Morgan fingerprint density at radius 3 is 2.50 bits per heavy atom. The van der Waals surface area contributed by atoms with Crippen molar-refractivity contribution in [2.24, 2.45) is 4.99 Å². The van der Waals surface area contributed by atoms with E-state index in [1.807, 2.05) is 42.6 Å². The van der Waals surface area contributed by atoms with E-state index in [0.717, 1.165) is 16.7 Å². The molecule has 9 heteroatoms. The van der Waals surface area contributed by atoms with Gasteiger partial charge in [0.15, 0.2) is 6.19 Å². The summed E-state index contributed by atoms with van der Waals surface area (Å²) in [4.78, 5) is 8.76. The molecule has 1 unspecified atom stereocenters. The number of aromatic hydroxyl groups is 1. The van der Waals surface area contributed by atoms with E-state index in [9.17, 15) is 10.4 Å². The van der Waals surface area contributed by atoms with E-state index in [-0.39, 0.29) is 28.8 Å². The number of fused-ring (bicyclic) bond motifs is 1. The lowest BCUT2D eigenvalue weighted by molar-refractivity contribution is 0.475. The second-order valence-electron chi connectivity index (χ2n) is 6.57. The number of nitrogens with two attached hydrogens (primary N) is 2. The number of rotatable bonds is 2. The predicted octanol–water partition coefficient (Wildman–Crippen LogP) is 2.43. The number of nitriles is 2. The van der Waals surface area contributed by atoms with Crippen LogP contribution >= 0.6 is 0 Å². The average molecular weight is 396 g/mol. The zero-order valence-electron chi connectivity index (χ0n) is 15.6. The number of hydrogen-bond donors (Lipinski definition) is 5. The number of hydrogen-bond acceptors (Lipinski definition) is 9. The van der Waals surface area contributed by atoms with Crippen LogP contribution in [0.2, 0.25) is 0 Å². The molecule has 0 spiro atoms. The monoisotopic (exact) mass is 396 g/mol. The highest BCUT2D eigenvalue weighted by molar-refractivity contribution is 5.98. The SMILES string of the molecule is N#CNC1=NC(c2ccc(-c3cccc(O)c3)cc2)c2c(nc(N)c(C#N)c2N)N1. The van der Waals surface area contributed by atoms with E-state index in [4.69, 9.17) is 16.7 Å². The fourth-order valence-corrected chi connectivity index (χ4v) is 3.37. The Morgan fingerprint density at radius 2 is 1.83 bits per heavy atom. The minimum Gasteiger partial charge on any atom is -0.508 e. The number of anilines is 3. The van der Waals surface area contributed by atoms with Crippen LogP contribution in [0, 0.1) is 22.8 Å². The van der Waals surface area contributed by atoms with Gasteiger partial charge in [0.25, 0.3) is 0 Å². The van der Waals surface area contributed by atoms with Crippen LogP contribution in [0.25, 0.3) is 11.1 Å². The maximum atomic E-state index is 9.71. The standard InChI is InChI=1S/C21H16N8O/c22-9-15-17(24)16-18(27-21(26-10-23)29-20(16)28-19(15)25)12-6-4-11(5-7-12)13-2-1-3-14(30)8-13/h1-8,18,30H,(H6,24,25,26,27,28,29). The van der Waals surface area contributed by atoms with Crippen molar-refractivity contribution in [3.8, 4) is 29.1 Å². The van der Waals surface area contributed by atoms with Crippen molar-refractivity contribution in [3.05, 3.63) is 65.2 Å². The topological polar surface area (TPSA) is 169 Å². The molecule has 1 aromatic heterocycles. The molecule has 0 fully saturated rings. The van der Waals surface area contributed by atoms with Gasteiger partial charge in [-0.05, 0) is 28.8 Å². The quantitative estimate of drug-likeness (QED) is 0.325. The maximum absolute atomic E-state index is 9.71. The molecule has 1 atom stereocenters. The number of nitrogen functional groups attached to an aromatic ring is 2. The summed E-state index contributed by atoms with van der Waals surface area (Å²) >= 11 is 0. The van der Waals surface area contributed by atoms with Crippen LogP contribution in [0.3, 0.4) is 0 Å². The molecule has 0 amide bonds. The van der Waals surface area contributed by atoms with E-state index >= 15 is 0 Å². The van der Waals surface area contributed by atoms with Gasteiger partial charge in [-0.1, -0.05) is 36.4 Å². The second-order valence-corrected chi connectivity index (χ2v) is 6.57. The first kappa shape index (κ1) is 18.6. The van der Waals surface area contributed by atoms with Crippen molar-refractivity contribution < 1.29 is 5.11 Å². The summed E-state index contributed by atoms with van der Waals surface area (Å²) in [7, 11) is 0. The van der Waals surface area contributed by atoms with Crippen LogP contribution in [-0.4, -0.2) is 16.1 Å². The lowest BCUT2D eigenvalue weighted by atomic mass is 9.93. The Hall–Kier alpha value is -4.76. The molecular formula is C21H16N8O. The number of aliphatic imine (C=N–C) groups is 1. The van der Waals surface area contributed by atoms with Crippen LogP contribution in [0.1, 0.15) is 22.7 Å². The Labute approximate surface area is 171 Å². The molecule has 146 valence electrons. The molecule has 30 heavy (non-hydrogen) atoms. The van der Waals surface area contributed by atoms with Crippen LogP contribution in [0.15, 0.2) is 53.5 Å².